The second kappa shape index (κ2) is 22.1. The van der Waals surface area contributed by atoms with Crippen molar-refractivity contribution in [1.82, 2.24) is 0 Å². The van der Waals surface area contributed by atoms with Crippen LogP contribution in [0.15, 0.2) is 12.2 Å². The van der Waals surface area contributed by atoms with Crippen molar-refractivity contribution < 1.29 is 38.2 Å². The van der Waals surface area contributed by atoms with Gasteiger partial charge in [0.05, 0.1) is 34.4 Å². The summed E-state index contributed by atoms with van der Waals surface area (Å²) < 4.78 is 16.3. The van der Waals surface area contributed by atoms with E-state index in [0.29, 0.717) is 12.8 Å². The summed E-state index contributed by atoms with van der Waals surface area (Å²) in [5, 5.41) is 9.41. The van der Waals surface area contributed by atoms with Crippen LogP contribution in [-0.2, 0) is 28.6 Å². The van der Waals surface area contributed by atoms with E-state index in [1.165, 1.54) is 51.9 Å². The third-order valence-electron chi connectivity index (χ3n) is 6.22. The molecule has 8 heteroatoms. The van der Waals surface area contributed by atoms with Gasteiger partial charge in [-0.15, -0.1) is 0 Å². The molecule has 0 aliphatic heterocycles. The Kier molecular flexibility index (Phi) is 20.9. The molecule has 8 nitrogen and oxygen atoms in total. The first-order valence-corrected chi connectivity index (χ1v) is 14.2. The Balaban J connectivity index is 4.07. The number of nitrogens with zero attached hydrogens (tertiary/aromatic N) is 1. The number of carboxylic acid groups (broad SMARTS) is 1. The number of allylic oxidation sites excluding steroid dienone is 2. The summed E-state index contributed by atoms with van der Waals surface area (Å²) in [7, 11) is 5.45. The zero-order valence-electron chi connectivity index (χ0n) is 24.2. The maximum absolute atomic E-state index is 12.3. The fraction of sp³-hybridized carbons (Fsp3) is 0.828. The van der Waals surface area contributed by atoms with E-state index in [9.17, 15) is 19.5 Å². The van der Waals surface area contributed by atoms with Crippen LogP contribution in [0.2, 0.25) is 0 Å². The van der Waals surface area contributed by atoms with Gasteiger partial charge in [-0.3, -0.25) is 9.59 Å². The Hall–Kier alpha value is -1.93. The van der Waals surface area contributed by atoms with Crippen LogP contribution >= 0.6 is 0 Å². The van der Waals surface area contributed by atoms with Crippen LogP contribution in [0, 0.1) is 0 Å². The quantitative estimate of drug-likeness (QED) is 0.0745. The number of carbonyl (C=O) groups is 3. The molecule has 0 aliphatic rings. The number of quaternary nitrogens is 1. The smallest absolute Gasteiger partial charge is 0.362 e. The number of hydrogen-bond acceptors (Lipinski definition) is 6. The Morgan fingerprint density at radius 3 is 1.95 bits per heavy atom. The van der Waals surface area contributed by atoms with Crippen molar-refractivity contribution in [3.8, 4) is 0 Å². The van der Waals surface area contributed by atoms with Gasteiger partial charge in [0.15, 0.2) is 12.1 Å². The van der Waals surface area contributed by atoms with Crippen molar-refractivity contribution >= 4 is 17.9 Å². The van der Waals surface area contributed by atoms with Crippen LogP contribution in [0.25, 0.3) is 0 Å². The first-order chi connectivity index (χ1) is 17.6. The summed E-state index contributed by atoms with van der Waals surface area (Å²) in [5.74, 6) is -1.68. The topological polar surface area (TPSA) is 99.1 Å². The van der Waals surface area contributed by atoms with E-state index < -0.39 is 24.1 Å². The number of ether oxygens (including phenoxy) is 3. The molecule has 2 atom stereocenters. The predicted octanol–water partition coefficient (Wildman–Crippen LogP) is 5.67. The lowest BCUT2D eigenvalue weighted by atomic mass is 10.1. The minimum absolute atomic E-state index is 0.0504. The van der Waals surface area contributed by atoms with Gasteiger partial charge in [-0.2, -0.15) is 0 Å². The minimum atomic E-state index is -0.886. The van der Waals surface area contributed by atoms with Crippen molar-refractivity contribution in [2.75, 3.05) is 41.0 Å². The first kappa shape index (κ1) is 35.1. The number of carbonyl (C=O) groups excluding carboxylic acids is 2. The molecule has 0 bridgehead atoms. The second-order valence-corrected chi connectivity index (χ2v) is 10.7. The van der Waals surface area contributed by atoms with Gasteiger partial charge in [-0.05, 0) is 32.1 Å². The highest BCUT2D eigenvalue weighted by Gasteiger charge is 2.31. The third kappa shape index (κ3) is 21.8. The summed E-state index contributed by atoms with van der Waals surface area (Å²) in [6.45, 7) is 3.71. The lowest BCUT2D eigenvalue weighted by Gasteiger charge is -2.31. The molecule has 0 amide bonds. The molecule has 0 aliphatic carbocycles. The molecule has 0 saturated carbocycles. The van der Waals surface area contributed by atoms with Crippen molar-refractivity contribution in [2.45, 2.75) is 116 Å². The molecular formula is C29H54NO7+. The van der Waals surface area contributed by atoms with Gasteiger partial charge in [0.25, 0.3) is 0 Å². The number of carboxylic acids is 1. The van der Waals surface area contributed by atoms with Crippen molar-refractivity contribution in [3.05, 3.63) is 12.2 Å². The molecule has 0 heterocycles. The highest BCUT2D eigenvalue weighted by Crippen LogP contribution is 2.12. The standard InChI is InChI=1S/C29H53NO7/c1-6-7-8-9-10-11-12-13-14-15-16-17-18-19-20-28(32)37-26(24-36-25(2)31)23-35-22-21-27(29(33)34)30(3,4)5/h12-13,26-27H,6-11,14-24H2,1-5H3/p+1/b13-12-. The van der Waals surface area contributed by atoms with Crippen molar-refractivity contribution in [1.29, 1.82) is 0 Å². The minimum Gasteiger partial charge on any atom is -0.477 e. The van der Waals surface area contributed by atoms with E-state index >= 15 is 0 Å². The average Bonchev–Trinajstić information content (AvgIpc) is 2.81. The number of esters is 2. The van der Waals surface area contributed by atoms with Gasteiger partial charge in [0.2, 0.25) is 0 Å². The Bertz CT molecular complexity index is 643. The van der Waals surface area contributed by atoms with Crippen LogP contribution in [-0.4, -0.2) is 80.6 Å². The third-order valence-corrected chi connectivity index (χ3v) is 6.22. The Morgan fingerprint density at radius 1 is 0.838 bits per heavy atom. The first-order valence-electron chi connectivity index (χ1n) is 14.2. The van der Waals surface area contributed by atoms with E-state index in [1.807, 2.05) is 21.1 Å². The molecule has 0 fully saturated rings. The molecule has 216 valence electrons. The summed E-state index contributed by atoms with van der Waals surface area (Å²) in [5.41, 5.74) is 0. The number of aliphatic carboxylic acids is 1. The predicted molar refractivity (Wildman–Crippen MR) is 146 cm³/mol. The molecule has 37 heavy (non-hydrogen) atoms. The van der Waals surface area contributed by atoms with E-state index in [-0.39, 0.29) is 30.3 Å². The lowest BCUT2D eigenvalue weighted by Crippen LogP contribution is -2.50. The van der Waals surface area contributed by atoms with E-state index in [0.717, 1.165) is 32.1 Å². The number of likely N-dealkylation sites (N-methyl/N-ethyl adjacent to an activating group) is 1. The van der Waals surface area contributed by atoms with Gasteiger partial charge in [-0.25, -0.2) is 4.79 Å². The summed E-state index contributed by atoms with van der Waals surface area (Å²) in [6.07, 6.45) is 18.6. The van der Waals surface area contributed by atoms with Gasteiger partial charge in [0, 0.05) is 19.8 Å². The van der Waals surface area contributed by atoms with E-state index in [4.69, 9.17) is 14.2 Å². The number of rotatable bonds is 24. The molecule has 0 aromatic carbocycles. The zero-order chi connectivity index (χ0) is 27.9. The van der Waals surface area contributed by atoms with E-state index in [1.54, 1.807) is 0 Å². The number of hydrogen-bond donors (Lipinski definition) is 1. The molecule has 0 spiro atoms. The lowest BCUT2D eigenvalue weighted by molar-refractivity contribution is -0.887. The molecular weight excluding hydrogens is 474 g/mol. The van der Waals surface area contributed by atoms with Crippen LogP contribution in [0.5, 0.6) is 0 Å². The van der Waals surface area contributed by atoms with Crippen molar-refractivity contribution in [2.24, 2.45) is 0 Å². The van der Waals surface area contributed by atoms with Crippen LogP contribution < -0.4 is 0 Å². The average molecular weight is 529 g/mol. The maximum atomic E-state index is 12.3. The Morgan fingerprint density at radius 2 is 1.41 bits per heavy atom. The molecule has 1 N–H and O–H groups in total. The monoisotopic (exact) mass is 528 g/mol. The molecule has 0 aromatic heterocycles. The molecule has 0 rings (SSSR count). The highest BCUT2D eigenvalue weighted by molar-refractivity contribution is 5.72. The van der Waals surface area contributed by atoms with Crippen LogP contribution in [0.3, 0.4) is 0 Å². The zero-order valence-corrected chi connectivity index (χ0v) is 24.2. The van der Waals surface area contributed by atoms with Gasteiger partial charge >= 0.3 is 17.9 Å². The van der Waals surface area contributed by atoms with Crippen LogP contribution in [0.4, 0.5) is 0 Å². The fourth-order valence-electron chi connectivity index (χ4n) is 3.99. The summed E-state index contributed by atoms with van der Waals surface area (Å²) in [6, 6.07) is -0.606. The SMILES string of the molecule is CCCCCCC/C=C\CCCCCCCC(=O)OC(COCCC(C(=O)O)[N+](C)(C)C)COC(C)=O. The molecule has 0 saturated heterocycles. The molecule has 2 unspecified atom stereocenters. The summed E-state index contributed by atoms with van der Waals surface area (Å²) >= 11 is 0. The van der Waals surface area contributed by atoms with E-state index in [2.05, 4.69) is 19.1 Å². The molecule has 0 aromatic rings. The summed E-state index contributed by atoms with van der Waals surface area (Å²) in [4.78, 5) is 34.9. The largest absolute Gasteiger partial charge is 0.477 e. The molecule has 0 radical (unpaired) electrons. The van der Waals surface area contributed by atoms with Gasteiger partial charge in [0.1, 0.15) is 6.61 Å². The highest BCUT2D eigenvalue weighted by atomic mass is 16.6. The van der Waals surface area contributed by atoms with Gasteiger partial charge < -0.3 is 23.8 Å². The normalized spacial score (nSPS) is 13.4. The van der Waals surface area contributed by atoms with Crippen LogP contribution in [0.1, 0.15) is 104 Å². The van der Waals surface area contributed by atoms with Crippen molar-refractivity contribution in [3.63, 3.8) is 0 Å². The second-order valence-electron chi connectivity index (χ2n) is 10.7. The maximum Gasteiger partial charge on any atom is 0.362 e. The number of unbranched alkanes of at least 4 members (excludes halogenated alkanes) is 10. The fourth-order valence-corrected chi connectivity index (χ4v) is 3.99. The Labute approximate surface area is 225 Å². The van der Waals surface area contributed by atoms with Gasteiger partial charge in [-0.1, -0.05) is 64.0 Å².